The highest BCUT2D eigenvalue weighted by atomic mass is 15.2. The van der Waals surface area contributed by atoms with E-state index in [0.29, 0.717) is 0 Å². The molecule has 0 bridgehead atoms. The Morgan fingerprint density at radius 3 is 1.93 bits per heavy atom. The van der Waals surface area contributed by atoms with Gasteiger partial charge in [-0.05, 0) is 45.9 Å². The fourth-order valence-corrected chi connectivity index (χ4v) is 2.13. The molecule has 2 nitrogen and oxygen atoms in total. The Morgan fingerprint density at radius 1 is 1.13 bits per heavy atom. The maximum atomic E-state index is 2.60. The van der Waals surface area contributed by atoms with Crippen molar-refractivity contribution >= 4 is 0 Å². The molecule has 1 saturated heterocycles. The number of hydrogen-bond donors (Lipinski definition) is 0. The average molecular weight is 214 g/mol. The van der Waals surface area contributed by atoms with E-state index < -0.39 is 0 Å². The third-order valence-electron chi connectivity index (χ3n) is 2.91. The second-order valence-electron chi connectivity index (χ2n) is 4.89. The van der Waals surface area contributed by atoms with E-state index >= 15 is 0 Å². The summed E-state index contributed by atoms with van der Waals surface area (Å²) in [5.41, 5.74) is 0. The Kier molecular flexibility index (Phi) is 8.07. The molecular weight excluding hydrogens is 184 g/mol. The minimum absolute atomic E-state index is 0.816. The van der Waals surface area contributed by atoms with E-state index in [-0.39, 0.29) is 0 Å². The first-order valence-electron chi connectivity index (χ1n) is 6.48. The van der Waals surface area contributed by atoms with E-state index in [0.717, 1.165) is 12.0 Å². The van der Waals surface area contributed by atoms with Crippen LogP contribution in [-0.4, -0.2) is 49.6 Å². The predicted octanol–water partition coefficient (Wildman–Crippen LogP) is 2.69. The first-order chi connectivity index (χ1) is 7.09. The quantitative estimate of drug-likeness (QED) is 0.713. The second kappa shape index (κ2) is 8.12. The van der Waals surface area contributed by atoms with E-state index in [1.165, 1.54) is 32.5 Å². The van der Waals surface area contributed by atoms with Crippen molar-refractivity contribution in [3.05, 3.63) is 0 Å². The van der Waals surface area contributed by atoms with Crippen LogP contribution in [0.15, 0.2) is 0 Å². The summed E-state index contributed by atoms with van der Waals surface area (Å²) in [5, 5.41) is 0. The molecule has 0 aliphatic carbocycles. The lowest BCUT2D eigenvalue weighted by molar-refractivity contribution is 0.135. The Balaban J connectivity index is 0.000000921. The average Bonchev–Trinajstić information content (AvgIpc) is 2.20. The Hall–Kier alpha value is -0.0800. The van der Waals surface area contributed by atoms with Crippen molar-refractivity contribution in [1.29, 1.82) is 0 Å². The fraction of sp³-hybridized carbons (Fsp3) is 1.00. The minimum Gasteiger partial charge on any atom is -0.306 e. The second-order valence-corrected chi connectivity index (χ2v) is 4.89. The molecule has 1 aliphatic rings. The van der Waals surface area contributed by atoms with Gasteiger partial charge in [-0.3, -0.25) is 0 Å². The smallest absolute Gasteiger partial charge is 0.0113 e. The van der Waals surface area contributed by atoms with Crippen molar-refractivity contribution in [2.75, 3.05) is 33.7 Å². The zero-order valence-corrected chi connectivity index (χ0v) is 11.6. The number of hydrogen-bond acceptors (Lipinski definition) is 2. The van der Waals surface area contributed by atoms with Crippen LogP contribution < -0.4 is 0 Å². The molecule has 0 unspecified atom stereocenters. The molecule has 1 heterocycles. The first-order valence-corrected chi connectivity index (χ1v) is 6.48. The zero-order valence-electron chi connectivity index (χ0n) is 11.6. The van der Waals surface area contributed by atoms with Crippen LogP contribution in [-0.2, 0) is 0 Å². The van der Waals surface area contributed by atoms with Crippen molar-refractivity contribution in [3.8, 4) is 0 Å². The predicted molar refractivity (Wildman–Crippen MR) is 69.3 cm³/mol. The summed E-state index contributed by atoms with van der Waals surface area (Å²) in [4.78, 5) is 4.97. The van der Waals surface area contributed by atoms with Crippen molar-refractivity contribution in [3.63, 3.8) is 0 Å². The number of piperidine rings is 1. The third-order valence-corrected chi connectivity index (χ3v) is 2.91. The van der Waals surface area contributed by atoms with Crippen LogP contribution in [0.4, 0.5) is 0 Å². The monoisotopic (exact) mass is 214 g/mol. The van der Waals surface area contributed by atoms with Gasteiger partial charge in [0.2, 0.25) is 0 Å². The van der Waals surface area contributed by atoms with Gasteiger partial charge in [0.05, 0.1) is 0 Å². The summed E-state index contributed by atoms with van der Waals surface area (Å²) in [7, 11) is 4.39. The van der Waals surface area contributed by atoms with Gasteiger partial charge >= 0.3 is 0 Å². The van der Waals surface area contributed by atoms with Gasteiger partial charge in [-0.2, -0.15) is 0 Å². The summed E-state index contributed by atoms with van der Waals surface area (Å²) in [6.07, 6.45) is 2.69. The molecule has 0 atom stereocenters. The molecule has 15 heavy (non-hydrogen) atoms. The maximum absolute atomic E-state index is 2.60. The van der Waals surface area contributed by atoms with Crippen molar-refractivity contribution in [1.82, 2.24) is 9.80 Å². The Morgan fingerprint density at radius 2 is 1.60 bits per heavy atom. The third kappa shape index (κ3) is 6.16. The van der Waals surface area contributed by atoms with Crippen LogP contribution in [0, 0.1) is 5.92 Å². The van der Waals surface area contributed by atoms with Crippen LogP contribution in [0.1, 0.15) is 40.5 Å². The largest absolute Gasteiger partial charge is 0.306 e. The number of nitrogens with zero attached hydrogens (tertiary/aromatic N) is 2. The van der Waals surface area contributed by atoms with Crippen LogP contribution >= 0.6 is 0 Å². The van der Waals surface area contributed by atoms with Gasteiger partial charge in [-0.1, -0.05) is 27.7 Å². The number of rotatable bonds is 3. The molecule has 92 valence electrons. The lowest BCUT2D eigenvalue weighted by Gasteiger charge is -2.35. The summed E-state index contributed by atoms with van der Waals surface area (Å²) in [6, 6.07) is 0.823. The molecule has 0 radical (unpaired) electrons. The fourth-order valence-electron chi connectivity index (χ4n) is 2.13. The topological polar surface area (TPSA) is 6.48 Å². The highest BCUT2D eigenvalue weighted by molar-refractivity contribution is 4.77. The molecule has 1 fully saturated rings. The summed E-state index contributed by atoms with van der Waals surface area (Å²) in [5.74, 6) is 0.816. The van der Waals surface area contributed by atoms with Crippen LogP contribution in [0.25, 0.3) is 0 Å². The van der Waals surface area contributed by atoms with Crippen molar-refractivity contribution < 1.29 is 0 Å². The summed E-state index contributed by atoms with van der Waals surface area (Å²) in [6.45, 7) is 12.5. The van der Waals surface area contributed by atoms with Gasteiger partial charge in [-0.25, -0.2) is 0 Å². The lowest BCUT2D eigenvalue weighted by atomic mass is 10.0. The van der Waals surface area contributed by atoms with Gasteiger partial charge in [0.25, 0.3) is 0 Å². The molecule has 1 aliphatic heterocycles. The van der Waals surface area contributed by atoms with Crippen molar-refractivity contribution in [2.45, 2.75) is 46.6 Å². The molecule has 0 aromatic carbocycles. The Bertz CT molecular complexity index is 135. The molecule has 0 saturated carbocycles. The molecule has 0 amide bonds. The van der Waals surface area contributed by atoms with E-state index in [4.69, 9.17) is 0 Å². The van der Waals surface area contributed by atoms with Crippen LogP contribution in [0.3, 0.4) is 0 Å². The van der Waals surface area contributed by atoms with Gasteiger partial charge < -0.3 is 9.80 Å². The molecule has 2 heteroatoms. The number of likely N-dealkylation sites (tertiary alicyclic amines) is 1. The van der Waals surface area contributed by atoms with Gasteiger partial charge in [0, 0.05) is 12.6 Å². The Labute approximate surface area is 96.6 Å². The van der Waals surface area contributed by atoms with Crippen LogP contribution in [0.2, 0.25) is 0 Å². The molecule has 0 spiro atoms. The normalized spacial score (nSPS) is 19.2. The standard InChI is InChI=1S/C11H24N2.C2H6/c1-10(2)9-13-7-5-11(6-8-13)12(3)4;1-2/h10-11H,5-9H2,1-4H3;1-2H3. The molecule has 0 aromatic rings. The van der Waals surface area contributed by atoms with E-state index in [9.17, 15) is 0 Å². The zero-order chi connectivity index (χ0) is 11.8. The van der Waals surface area contributed by atoms with Gasteiger partial charge in [0.1, 0.15) is 0 Å². The molecule has 1 rings (SSSR count). The first kappa shape index (κ1) is 14.9. The molecule has 0 N–H and O–H groups in total. The summed E-state index contributed by atoms with van der Waals surface area (Å²) >= 11 is 0. The maximum Gasteiger partial charge on any atom is 0.0113 e. The van der Waals surface area contributed by atoms with E-state index in [2.05, 4.69) is 37.7 Å². The highest BCUT2D eigenvalue weighted by Crippen LogP contribution is 2.14. The molecule has 0 aromatic heterocycles. The van der Waals surface area contributed by atoms with Gasteiger partial charge in [-0.15, -0.1) is 0 Å². The van der Waals surface area contributed by atoms with E-state index in [1.807, 2.05) is 13.8 Å². The van der Waals surface area contributed by atoms with Crippen molar-refractivity contribution in [2.24, 2.45) is 5.92 Å². The minimum atomic E-state index is 0.816. The SMILES string of the molecule is CC.CC(C)CN1CCC(N(C)C)CC1. The highest BCUT2D eigenvalue weighted by Gasteiger charge is 2.20. The molecular formula is C13H30N2. The van der Waals surface area contributed by atoms with Crippen LogP contribution in [0.5, 0.6) is 0 Å². The van der Waals surface area contributed by atoms with E-state index in [1.54, 1.807) is 0 Å². The summed E-state index contributed by atoms with van der Waals surface area (Å²) < 4.78 is 0. The van der Waals surface area contributed by atoms with Gasteiger partial charge in [0.15, 0.2) is 0 Å². The lowest BCUT2D eigenvalue weighted by Crippen LogP contribution is -2.43.